The van der Waals surface area contributed by atoms with Crippen LogP contribution in [0.5, 0.6) is 0 Å². The van der Waals surface area contributed by atoms with Crippen LogP contribution >= 0.6 is 15.9 Å². The number of amides is 1. The molecule has 0 aliphatic heterocycles. The Labute approximate surface area is 126 Å². The minimum absolute atomic E-state index is 0.106. The number of carbonyl (C=O) groups is 1. The summed E-state index contributed by atoms with van der Waals surface area (Å²) in [4.78, 5) is 23.1. The standard InChI is InChI=1S/C11H14BrF3N4O2/c1-2-3-16-8(20)5-17-7-4-18-19(6-11(13,14)15)10(21)9(7)12/h4,17H,2-3,5-6H2,1H3,(H,16,20). The molecule has 21 heavy (non-hydrogen) atoms. The monoisotopic (exact) mass is 370 g/mol. The summed E-state index contributed by atoms with van der Waals surface area (Å²) in [6.07, 6.45) is -2.69. The molecule has 118 valence electrons. The Kier molecular flexibility index (Phi) is 6.19. The predicted molar refractivity (Wildman–Crippen MR) is 74.0 cm³/mol. The summed E-state index contributed by atoms with van der Waals surface area (Å²) >= 11 is 2.91. The van der Waals surface area contributed by atoms with Gasteiger partial charge in [0.15, 0.2) is 0 Å². The molecule has 1 heterocycles. The van der Waals surface area contributed by atoms with E-state index in [-0.39, 0.29) is 22.6 Å². The molecule has 0 saturated carbocycles. The fourth-order valence-corrected chi connectivity index (χ4v) is 1.82. The number of nitrogens with zero attached hydrogens (tertiary/aromatic N) is 2. The van der Waals surface area contributed by atoms with Crippen LogP contribution in [0.3, 0.4) is 0 Å². The van der Waals surface area contributed by atoms with E-state index in [2.05, 4.69) is 31.7 Å². The maximum absolute atomic E-state index is 12.2. The summed E-state index contributed by atoms with van der Waals surface area (Å²) in [6, 6.07) is 0. The van der Waals surface area contributed by atoms with Crippen LogP contribution in [-0.2, 0) is 11.3 Å². The van der Waals surface area contributed by atoms with Gasteiger partial charge in [0.2, 0.25) is 5.91 Å². The first-order valence-electron chi connectivity index (χ1n) is 6.07. The van der Waals surface area contributed by atoms with Gasteiger partial charge in [-0.2, -0.15) is 18.3 Å². The zero-order valence-corrected chi connectivity index (χ0v) is 12.7. The Bertz CT molecular complexity index is 559. The smallest absolute Gasteiger partial charge is 0.374 e. The van der Waals surface area contributed by atoms with Crippen molar-refractivity contribution in [2.45, 2.75) is 26.1 Å². The van der Waals surface area contributed by atoms with Gasteiger partial charge in [-0.05, 0) is 22.4 Å². The Balaban J connectivity index is 2.76. The van der Waals surface area contributed by atoms with Crippen LogP contribution in [0.1, 0.15) is 13.3 Å². The lowest BCUT2D eigenvalue weighted by atomic mass is 10.4. The van der Waals surface area contributed by atoms with Crippen molar-refractivity contribution in [3.05, 3.63) is 21.0 Å². The average Bonchev–Trinajstić information content (AvgIpc) is 2.39. The third kappa shape index (κ3) is 5.74. The molecule has 0 radical (unpaired) electrons. The van der Waals surface area contributed by atoms with E-state index >= 15 is 0 Å². The van der Waals surface area contributed by atoms with Crippen molar-refractivity contribution in [2.24, 2.45) is 0 Å². The summed E-state index contributed by atoms with van der Waals surface area (Å²) < 4.78 is 36.9. The molecular weight excluding hydrogens is 357 g/mol. The molecule has 0 atom stereocenters. The first-order valence-corrected chi connectivity index (χ1v) is 6.87. The third-order valence-corrected chi connectivity index (χ3v) is 3.09. The second kappa shape index (κ2) is 7.43. The van der Waals surface area contributed by atoms with Crippen LogP contribution in [0.25, 0.3) is 0 Å². The Hall–Kier alpha value is -1.58. The minimum atomic E-state index is -4.54. The SMILES string of the molecule is CCCNC(=O)CNc1cnn(CC(F)(F)F)c(=O)c1Br. The molecule has 1 aromatic heterocycles. The molecule has 10 heteroatoms. The number of nitrogens with one attached hydrogen (secondary N) is 2. The maximum Gasteiger partial charge on any atom is 0.408 e. The molecule has 1 amide bonds. The van der Waals surface area contributed by atoms with Crippen LogP contribution in [0, 0.1) is 0 Å². The second-order valence-electron chi connectivity index (χ2n) is 4.15. The summed E-state index contributed by atoms with van der Waals surface area (Å²) in [5.74, 6) is -0.289. The van der Waals surface area contributed by atoms with Gasteiger partial charge in [0, 0.05) is 6.54 Å². The van der Waals surface area contributed by atoms with Crippen molar-refractivity contribution in [1.82, 2.24) is 15.1 Å². The largest absolute Gasteiger partial charge is 0.408 e. The van der Waals surface area contributed by atoms with E-state index < -0.39 is 18.3 Å². The Morgan fingerprint density at radius 1 is 1.48 bits per heavy atom. The lowest BCUT2D eigenvalue weighted by Crippen LogP contribution is -2.33. The lowest BCUT2D eigenvalue weighted by Gasteiger charge is -2.11. The third-order valence-electron chi connectivity index (χ3n) is 2.33. The molecule has 0 aliphatic rings. The van der Waals surface area contributed by atoms with Crippen LogP contribution in [0.2, 0.25) is 0 Å². The van der Waals surface area contributed by atoms with Crippen molar-refractivity contribution in [1.29, 1.82) is 0 Å². The number of hydrogen-bond acceptors (Lipinski definition) is 4. The number of alkyl halides is 3. The first-order chi connectivity index (χ1) is 9.74. The summed E-state index contributed by atoms with van der Waals surface area (Å²) in [5, 5.41) is 8.67. The number of rotatable bonds is 6. The fourth-order valence-electron chi connectivity index (χ4n) is 1.37. The molecule has 0 spiro atoms. The van der Waals surface area contributed by atoms with Crippen molar-refractivity contribution < 1.29 is 18.0 Å². The molecule has 0 unspecified atom stereocenters. The Morgan fingerprint density at radius 3 is 2.71 bits per heavy atom. The fraction of sp³-hybridized carbons (Fsp3) is 0.545. The van der Waals surface area contributed by atoms with Gasteiger partial charge in [-0.1, -0.05) is 6.92 Å². The average molecular weight is 371 g/mol. The Morgan fingerprint density at radius 2 is 2.14 bits per heavy atom. The molecule has 0 aromatic carbocycles. The molecule has 1 rings (SSSR count). The van der Waals surface area contributed by atoms with Gasteiger partial charge in [0.1, 0.15) is 11.0 Å². The van der Waals surface area contributed by atoms with Gasteiger partial charge >= 0.3 is 6.18 Å². The molecule has 2 N–H and O–H groups in total. The van der Waals surface area contributed by atoms with E-state index in [0.717, 1.165) is 12.6 Å². The predicted octanol–water partition coefficient (Wildman–Crippen LogP) is 1.51. The molecule has 0 bridgehead atoms. The van der Waals surface area contributed by atoms with Crippen molar-refractivity contribution in [2.75, 3.05) is 18.4 Å². The molecule has 1 aromatic rings. The molecule has 0 aliphatic carbocycles. The number of aromatic nitrogens is 2. The van der Waals surface area contributed by atoms with E-state index in [0.29, 0.717) is 11.2 Å². The molecular formula is C11H14BrF3N4O2. The van der Waals surface area contributed by atoms with Gasteiger partial charge in [0.25, 0.3) is 5.56 Å². The van der Waals surface area contributed by atoms with E-state index in [9.17, 15) is 22.8 Å². The van der Waals surface area contributed by atoms with Crippen LogP contribution in [0.15, 0.2) is 15.5 Å². The van der Waals surface area contributed by atoms with Gasteiger partial charge in [0.05, 0.1) is 18.4 Å². The highest BCUT2D eigenvalue weighted by molar-refractivity contribution is 9.10. The van der Waals surface area contributed by atoms with Gasteiger partial charge in [-0.15, -0.1) is 0 Å². The van der Waals surface area contributed by atoms with Gasteiger partial charge in [-0.3, -0.25) is 9.59 Å². The van der Waals surface area contributed by atoms with Gasteiger partial charge in [-0.25, -0.2) is 4.68 Å². The van der Waals surface area contributed by atoms with E-state index in [1.807, 2.05) is 6.92 Å². The number of carbonyl (C=O) groups excluding carboxylic acids is 1. The van der Waals surface area contributed by atoms with Crippen LogP contribution in [0.4, 0.5) is 18.9 Å². The normalized spacial score (nSPS) is 11.3. The zero-order valence-electron chi connectivity index (χ0n) is 11.1. The minimum Gasteiger partial charge on any atom is -0.374 e. The van der Waals surface area contributed by atoms with E-state index in [1.54, 1.807) is 0 Å². The number of anilines is 1. The second-order valence-corrected chi connectivity index (χ2v) is 4.95. The van der Waals surface area contributed by atoms with E-state index in [4.69, 9.17) is 0 Å². The first kappa shape index (κ1) is 17.5. The van der Waals surface area contributed by atoms with Crippen molar-refractivity contribution in [3.8, 4) is 0 Å². The number of hydrogen-bond donors (Lipinski definition) is 2. The van der Waals surface area contributed by atoms with Gasteiger partial charge < -0.3 is 10.6 Å². The highest BCUT2D eigenvalue weighted by Gasteiger charge is 2.29. The molecule has 6 nitrogen and oxygen atoms in total. The molecule has 0 fully saturated rings. The van der Waals surface area contributed by atoms with Crippen molar-refractivity contribution >= 4 is 27.5 Å². The van der Waals surface area contributed by atoms with Crippen LogP contribution in [-0.4, -0.2) is 35.0 Å². The van der Waals surface area contributed by atoms with Crippen LogP contribution < -0.4 is 16.2 Å². The number of halogens is 4. The topological polar surface area (TPSA) is 76.0 Å². The summed E-state index contributed by atoms with van der Waals surface area (Å²) in [6.45, 7) is 0.840. The van der Waals surface area contributed by atoms with E-state index in [1.165, 1.54) is 0 Å². The van der Waals surface area contributed by atoms with Crippen molar-refractivity contribution in [3.63, 3.8) is 0 Å². The highest BCUT2D eigenvalue weighted by atomic mass is 79.9. The maximum atomic E-state index is 12.2. The lowest BCUT2D eigenvalue weighted by molar-refractivity contribution is -0.143. The zero-order chi connectivity index (χ0) is 16.0. The quantitative estimate of drug-likeness (QED) is 0.795. The molecule has 0 saturated heterocycles. The summed E-state index contributed by atoms with van der Waals surface area (Å²) in [7, 11) is 0. The summed E-state index contributed by atoms with van der Waals surface area (Å²) in [5.41, 5.74) is -0.767. The highest BCUT2D eigenvalue weighted by Crippen LogP contribution is 2.19.